The van der Waals surface area contributed by atoms with Gasteiger partial charge < -0.3 is 5.32 Å². The summed E-state index contributed by atoms with van der Waals surface area (Å²) in [5.74, 6) is 2.37. The summed E-state index contributed by atoms with van der Waals surface area (Å²) in [7, 11) is 0. The van der Waals surface area contributed by atoms with Gasteiger partial charge in [0, 0.05) is 19.0 Å². The van der Waals surface area contributed by atoms with Gasteiger partial charge in [-0.05, 0) is 6.92 Å². The molecule has 1 N–H and O–H groups in total. The molecule has 0 aromatic heterocycles. The molecule has 0 amide bonds. The lowest BCUT2D eigenvalue weighted by molar-refractivity contribution is -0.133. The number of rotatable bonds is 4. The quantitative estimate of drug-likeness (QED) is 0.650. The number of hydrogen-bond donors (Lipinski definition) is 1. The Bertz CT molecular complexity index is 157. The van der Waals surface area contributed by atoms with Crippen molar-refractivity contribution in [2.45, 2.75) is 32.0 Å². The maximum Gasteiger partial charge on any atom is 0.390 e. The second-order valence-electron chi connectivity index (χ2n) is 2.63. The number of alkyl halides is 3. The normalized spacial score (nSPS) is 13.9. The third-order valence-electron chi connectivity index (χ3n) is 1.33. The van der Waals surface area contributed by atoms with Crippen molar-refractivity contribution in [2.24, 2.45) is 0 Å². The lowest BCUT2D eigenvalue weighted by Gasteiger charge is -2.11. The molecular formula is C8H12F3N. The summed E-state index contributed by atoms with van der Waals surface area (Å²) in [6, 6.07) is -0.0441. The Balaban J connectivity index is 3.38. The van der Waals surface area contributed by atoms with E-state index in [9.17, 15) is 13.2 Å². The monoisotopic (exact) mass is 179 g/mol. The predicted octanol–water partition coefficient (Wildman–Crippen LogP) is 1.94. The van der Waals surface area contributed by atoms with Gasteiger partial charge in [-0.3, -0.25) is 0 Å². The van der Waals surface area contributed by atoms with Gasteiger partial charge in [-0.2, -0.15) is 13.2 Å². The van der Waals surface area contributed by atoms with Crippen LogP contribution in [0.2, 0.25) is 0 Å². The fourth-order valence-electron chi connectivity index (χ4n) is 0.709. The van der Waals surface area contributed by atoms with Crippen LogP contribution in [0.4, 0.5) is 13.2 Å². The molecule has 0 saturated carbocycles. The van der Waals surface area contributed by atoms with Gasteiger partial charge in [-0.25, -0.2) is 0 Å². The molecule has 1 unspecified atom stereocenters. The summed E-state index contributed by atoms with van der Waals surface area (Å²) >= 11 is 0. The van der Waals surface area contributed by atoms with E-state index in [4.69, 9.17) is 6.42 Å². The molecule has 12 heavy (non-hydrogen) atoms. The minimum absolute atomic E-state index is 0.0441. The fraction of sp³-hybridized carbons (Fsp3) is 0.750. The average molecular weight is 179 g/mol. The molecule has 0 heterocycles. The number of hydrogen-bond acceptors (Lipinski definition) is 1. The van der Waals surface area contributed by atoms with Gasteiger partial charge in [0.2, 0.25) is 0 Å². The van der Waals surface area contributed by atoms with Crippen LogP contribution < -0.4 is 5.32 Å². The lowest BCUT2D eigenvalue weighted by atomic mass is 10.2. The minimum Gasteiger partial charge on any atom is -0.313 e. The highest BCUT2D eigenvalue weighted by Gasteiger charge is 2.26. The van der Waals surface area contributed by atoms with Crippen LogP contribution in [-0.4, -0.2) is 18.8 Å². The van der Waals surface area contributed by atoms with E-state index < -0.39 is 12.6 Å². The molecule has 0 rings (SSSR count). The van der Waals surface area contributed by atoms with Crippen LogP contribution in [0.5, 0.6) is 0 Å². The van der Waals surface area contributed by atoms with Gasteiger partial charge in [-0.15, -0.1) is 12.3 Å². The molecule has 0 aliphatic heterocycles. The van der Waals surface area contributed by atoms with Crippen molar-refractivity contribution in [1.29, 1.82) is 0 Å². The molecule has 0 spiro atoms. The zero-order chi connectivity index (χ0) is 9.61. The molecule has 1 nitrogen and oxygen atoms in total. The second-order valence-corrected chi connectivity index (χ2v) is 2.63. The first-order valence-corrected chi connectivity index (χ1v) is 3.69. The van der Waals surface area contributed by atoms with E-state index >= 15 is 0 Å². The molecule has 0 aliphatic rings. The van der Waals surface area contributed by atoms with Crippen molar-refractivity contribution >= 4 is 0 Å². The van der Waals surface area contributed by atoms with Crippen molar-refractivity contribution < 1.29 is 13.2 Å². The molecule has 0 aromatic carbocycles. The van der Waals surface area contributed by atoms with Crippen LogP contribution in [-0.2, 0) is 0 Å². The Labute approximate surface area is 70.3 Å². The van der Waals surface area contributed by atoms with Gasteiger partial charge in [0.1, 0.15) is 0 Å². The molecule has 0 radical (unpaired) electrons. The van der Waals surface area contributed by atoms with E-state index in [0.717, 1.165) is 0 Å². The van der Waals surface area contributed by atoms with Crippen LogP contribution in [0.25, 0.3) is 0 Å². The first-order valence-electron chi connectivity index (χ1n) is 3.69. The van der Waals surface area contributed by atoms with Gasteiger partial charge >= 0.3 is 6.18 Å². The van der Waals surface area contributed by atoms with E-state index in [0.29, 0.717) is 6.42 Å². The van der Waals surface area contributed by atoms with Gasteiger partial charge in [0.25, 0.3) is 0 Å². The molecule has 0 saturated heterocycles. The summed E-state index contributed by atoms with van der Waals surface area (Å²) in [5, 5.41) is 2.68. The Morgan fingerprint density at radius 3 is 2.50 bits per heavy atom. The second kappa shape index (κ2) is 5.04. The van der Waals surface area contributed by atoms with Crippen molar-refractivity contribution in [3.63, 3.8) is 0 Å². The smallest absolute Gasteiger partial charge is 0.313 e. The van der Waals surface area contributed by atoms with E-state index in [2.05, 4.69) is 11.2 Å². The van der Waals surface area contributed by atoms with Crippen molar-refractivity contribution in [1.82, 2.24) is 5.32 Å². The average Bonchev–Trinajstić information content (AvgIpc) is 1.84. The third-order valence-corrected chi connectivity index (χ3v) is 1.33. The molecular weight excluding hydrogens is 167 g/mol. The molecule has 0 aliphatic carbocycles. The summed E-state index contributed by atoms with van der Waals surface area (Å²) in [5.41, 5.74) is 0. The standard InChI is InChI=1S/C8H12F3N/c1-3-4-7(2)12-6-5-8(9,10)11/h1,7,12H,4-6H2,2H3. The molecule has 0 bridgehead atoms. The van der Waals surface area contributed by atoms with Crippen molar-refractivity contribution in [2.75, 3.05) is 6.54 Å². The number of terminal acetylenes is 1. The Hall–Kier alpha value is -0.690. The van der Waals surface area contributed by atoms with Crippen molar-refractivity contribution in [3.8, 4) is 12.3 Å². The zero-order valence-electron chi connectivity index (χ0n) is 6.91. The van der Waals surface area contributed by atoms with Gasteiger partial charge in [-0.1, -0.05) is 0 Å². The summed E-state index contributed by atoms with van der Waals surface area (Å²) in [6.07, 6.45) is 0.547. The Kier molecular flexibility index (Phi) is 4.75. The first-order chi connectivity index (χ1) is 5.45. The summed E-state index contributed by atoms with van der Waals surface area (Å²) < 4.78 is 34.8. The highest BCUT2D eigenvalue weighted by molar-refractivity contribution is 4.87. The van der Waals surface area contributed by atoms with Crippen LogP contribution in [0, 0.1) is 12.3 Å². The highest BCUT2D eigenvalue weighted by atomic mass is 19.4. The Morgan fingerprint density at radius 2 is 2.08 bits per heavy atom. The minimum atomic E-state index is -4.08. The zero-order valence-corrected chi connectivity index (χ0v) is 6.91. The lowest BCUT2D eigenvalue weighted by Crippen LogP contribution is -2.29. The number of nitrogens with one attached hydrogen (secondary N) is 1. The Morgan fingerprint density at radius 1 is 1.50 bits per heavy atom. The van der Waals surface area contributed by atoms with Gasteiger partial charge in [0.15, 0.2) is 0 Å². The van der Waals surface area contributed by atoms with Crippen LogP contribution in [0.15, 0.2) is 0 Å². The molecule has 0 fully saturated rings. The molecule has 0 aromatic rings. The SMILES string of the molecule is C#CCC(C)NCCC(F)(F)F. The molecule has 1 atom stereocenters. The first kappa shape index (κ1) is 11.3. The van der Waals surface area contributed by atoms with Crippen molar-refractivity contribution in [3.05, 3.63) is 0 Å². The van der Waals surface area contributed by atoms with E-state index in [1.165, 1.54) is 0 Å². The van der Waals surface area contributed by atoms with E-state index in [-0.39, 0.29) is 12.6 Å². The maximum absolute atomic E-state index is 11.6. The van der Waals surface area contributed by atoms with E-state index in [1.54, 1.807) is 6.92 Å². The van der Waals surface area contributed by atoms with Crippen LogP contribution in [0.1, 0.15) is 19.8 Å². The largest absolute Gasteiger partial charge is 0.390 e. The summed E-state index contributed by atoms with van der Waals surface area (Å²) in [6.45, 7) is 1.70. The van der Waals surface area contributed by atoms with E-state index in [1.807, 2.05) is 0 Å². The fourth-order valence-corrected chi connectivity index (χ4v) is 0.709. The highest BCUT2D eigenvalue weighted by Crippen LogP contribution is 2.18. The molecule has 4 heteroatoms. The van der Waals surface area contributed by atoms with Gasteiger partial charge in [0.05, 0.1) is 6.42 Å². The predicted molar refractivity (Wildman–Crippen MR) is 41.6 cm³/mol. The number of halogens is 3. The topological polar surface area (TPSA) is 12.0 Å². The van der Waals surface area contributed by atoms with Crippen LogP contribution >= 0.6 is 0 Å². The summed E-state index contributed by atoms with van der Waals surface area (Å²) in [4.78, 5) is 0. The third kappa shape index (κ3) is 7.42. The maximum atomic E-state index is 11.6. The molecule has 70 valence electrons. The van der Waals surface area contributed by atoms with Crippen LogP contribution in [0.3, 0.4) is 0 Å².